The van der Waals surface area contributed by atoms with Gasteiger partial charge in [-0.2, -0.15) is 0 Å². The lowest BCUT2D eigenvalue weighted by atomic mass is 10.3. The van der Waals surface area contributed by atoms with Crippen LogP contribution in [0.4, 0.5) is 10.2 Å². The van der Waals surface area contributed by atoms with Gasteiger partial charge in [0, 0.05) is 6.54 Å². The van der Waals surface area contributed by atoms with Crippen LogP contribution in [0.1, 0.15) is 19.0 Å². The monoisotopic (exact) mass is 213 g/mol. The number of nitrogens with zero attached hydrogens (tertiary/aromatic N) is 2. The van der Waals surface area contributed by atoms with Gasteiger partial charge in [0.25, 0.3) is 0 Å². The molecule has 0 saturated heterocycles. The molecule has 0 bridgehead atoms. The van der Waals surface area contributed by atoms with Crippen molar-refractivity contribution in [2.24, 2.45) is 0 Å². The topological polar surface area (TPSA) is 75.1 Å². The third-order valence-electron chi connectivity index (χ3n) is 1.83. The number of carbonyl (C=O) groups is 1. The molecule has 0 aliphatic carbocycles. The highest BCUT2D eigenvalue weighted by Crippen LogP contribution is 2.12. The van der Waals surface area contributed by atoms with Crippen molar-refractivity contribution in [3.8, 4) is 0 Å². The number of nitrogens with one attached hydrogen (secondary N) is 1. The predicted octanol–water partition coefficient (Wildman–Crippen LogP) is 1.06. The Bertz CT molecular complexity index is 357. The van der Waals surface area contributed by atoms with Crippen molar-refractivity contribution in [1.82, 2.24) is 9.97 Å². The van der Waals surface area contributed by atoms with Gasteiger partial charge in [-0.15, -0.1) is 0 Å². The van der Waals surface area contributed by atoms with E-state index in [1.54, 1.807) is 6.92 Å². The molecule has 0 amide bonds. The molecule has 0 aliphatic rings. The fraction of sp³-hybridized carbons (Fsp3) is 0.444. The number of aliphatic carboxylic acids is 1. The molecule has 1 aromatic rings. The third-order valence-corrected chi connectivity index (χ3v) is 1.83. The van der Waals surface area contributed by atoms with E-state index in [0.29, 0.717) is 12.1 Å². The fourth-order valence-electron chi connectivity index (χ4n) is 1.06. The first-order chi connectivity index (χ1) is 7.15. The van der Waals surface area contributed by atoms with Crippen LogP contribution in [0.25, 0.3) is 0 Å². The molecule has 1 rings (SSSR count). The van der Waals surface area contributed by atoms with Gasteiger partial charge in [0.15, 0.2) is 11.6 Å². The number of carboxylic acid groups (broad SMARTS) is 1. The second-order valence-corrected chi connectivity index (χ2v) is 2.91. The highest BCUT2D eigenvalue weighted by atomic mass is 19.1. The largest absolute Gasteiger partial charge is 0.481 e. The van der Waals surface area contributed by atoms with Crippen LogP contribution in [0, 0.1) is 5.82 Å². The smallest absolute Gasteiger partial charge is 0.305 e. The first kappa shape index (κ1) is 11.4. The summed E-state index contributed by atoms with van der Waals surface area (Å²) < 4.78 is 13.5. The quantitative estimate of drug-likeness (QED) is 0.765. The number of hydrogen-bond acceptors (Lipinski definition) is 4. The standard InChI is InChI=1S/C9H12FN3O2/c1-2-6-8(10)9(13-5-12-6)11-4-3-7(14)15/h5H,2-4H2,1H3,(H,14,15)(H,11,12,13). The second-order valence-electron chi connectivity index (χ2n) is 2.91. The van der Waals surface area contributed by atoms with Gasteiger partial charge in [-0.25, -0.2) is 14.4 Å². The minimum absolute atomic E-state index is 0.0584. The molecule has 0 aliphatic heterocycles. The molecule has 0 unspecified atom stereocenters. The Hall–Kier alpha value is -1.72. The van der Waals surface area contributed by atoms with Crippen LogP contribution >= 0.6 is 0 Å². The van der Waals surface area contributed by atoms with E-state index in [2.05, 4.69) is 15.3 Å². The zero-order chi connectivity index (χ0) is 11.3. The van der Waals surface area contributed by atoms with Gasteiger partial charge in [0.05, 0.1) is 12.1 Å². The highest BCUT2D eigenvalue weighted by molar-refractivity contribution is 5.67. The lowest BCUT2D eigenvalue weighted by molar-refractivity contribution is -0.136. The van der Waals surface area contributed by atoms with Gasteiger partial charge in [-0.1, -0.05) is 6.92 Å². The van der Waals surface area contributed by atoms with Crippen molar-refractivity contribution in [2.45, 2.75) is 19.8 Å². The Morgan fingerprint density at radius 2 is 2.33 bits per heavy atom. The van der Waals surface area contributed by atoms with Crippen LogP contribution in [-0.4, -0.2) is 27.6 Å². The summed E-state index contributed by atoms with van der Waals surface area (Å²) >= 11 is 0. The van der Waals surface area contributed by atoms with E-state index in [1.807, 2.05) is 0 Å². The lowest BCUT2D eigenvalue weighted by Gasteiger charge is -2.06. The number of anilines is 1. The first-order valence-electron chi connectivity index (χ1n) is 4.60. The molecule has 82 valence electrons. The van der Waals surface area contributed by atoms with Crippen molar-refractivity contribution >= 4 is 11.8 Å². The fourth-order valence-corrected chi connectivity index (χ4v) is 1.06. The van der Waals surface area contributed by atoms with E-state index in [1.165, 1.54) is 6.33 Å². The van der Waals surface area contributed by atoms with E-state index >= 15 is 0 Å². The summed E-state index contributed by atoms with van der Waals surface area (Å²) in [5, 5.41) is 11.0. The number of aromatic nitrogens is 2. The number of carboxylic acids is 1. The van der Waals surface area contributed by atoms with Crippen molar-refractivity contribution in [1.29, 1.82) is 0 Å². The molecular weight excluding hydrogens is 201 g/mol. The number of aryl methyl sites for hydroxylation is 1. The van der Waals surface area contributed by atoms with Crippen LogP contribution in [0.3, 0.4) is 0 Å². The summed E-state index contributed by atoms with van der Waals surface area (Å²) in [6.45, 7) is 1.93. The van der Waals surface area contributed by atoms with Gasteiger partial charge < -0.3 is 10.4 Å². The number of hydrogen-bond donors (Lipinski definition) is 2. The molecule has 1 heterocycles. The Morgan fingerprint density at radius 3 is 2.93 bits per heavy atom. The number of halogens is 1. The van der Waals surface area contributed by atoms with Crippen molar-refractivity contribution in [3.05, 3.63) is 17.8 Å². The molecule has 0 radical (unpaired) electrons. The molecule has 1 aromatic heterocycles. The average Bonchev–Trinajstić information content (AvgIpc) is 2.20. The highest BCUT2D eigenvalue weighted by Gasteiger charge is 2.09. The van der Waals surface area contributed by atoms with Gasteiger partial charge in [-0.05, 0) is 6.42 Å². The Balaban J connectivity index is 2.64. The average molecular weight is 213 g/mol. The summed E-state index contributed by atoms with van der Waals surface area (Å²) in [4.78, 5) is 17.7. The minimum Gasteiger partial charge on any atom is -0.481 e. The Labute approximate surface area is 86.4 Å². The second kappa shape index (κ2) is 5.23. The predicted molar refractivity (Wildman–Crippen MR) is 52.1 cm³/mol. The molecular formula is C9H12FN3O2. The van der Waals surface area contributed by atoms with E-state index in [0.717, 1.165) is 0 Å². The van der Waals surface area contributed by atoms with Crippen molar-refractivity contribution in [2.75, 3.05) is 11.9 Å². The molecule has 2 N–H and O–H groups in total. The van der Waals surface area contributed by atoms with Crippen molar-refractivity contribution < 1.29 is 14.3 Å². The Kier molecular flexibility index (Phi) is 3.96. The van der Waals surface area contributed by atoms with Gasteiger partial charge in [-0.3, -0.25) is 4.79 Å². The summed E-state index contributed by atoms with van der Waals surface area (Å²) in [6, 6.07) is 0. The zero-order valence-electron chi connectivity index (χ0n) is 8.33. The molecule has 0 aromatic carbocycles. The lowest BCUT2D eigenvalue weighted by Crippen LogP contribution is -2.11. The maximum absolute atomic E-state index is 13.5. The van der Waals surface area contributed by atoms with Crippen molar-refractivity contribution in [3.63, 3.8) is 0 Å². The number of rotatable bonds is 5. The molecule has 0 spiro atoms. The van der Waals surface area contributed by atoms with E-state index in [4.69, 9.17) is 5.11 Å². The molecule has 15 heavy (non-hydrogen) atoms. The molecule has 5 nitrogen and oxygen atoms in total. The molecule has 6 heteroatoms. The summed E-state index contributed by atoms with van der Waals surface area (Å²) in [5.41, 5.74) is 0.322. The van der Waals surface area contributed by atoms with E-state index in [-0.39, 0.29) is 18.8 Å². The van der Waals surface area contributed by atoms with E-state index < -0.39 is 11.8 Å². The maximum Gasteiger partial charge on any atom is 0.305 e. The summed E-state index contributed by atoms with van der Waals surface area (Å²) in [7, 11) is 0. The van der Waals surface area contributed by atoms with Crippen LogP contribution in [-0.2, 0) is 11.2 Å². The van der Waals surface area contributed by atoms with Gasteiger partial charge in [0.2, 0.25) is 0 Å². The first-order valence-corrected chi connectivity index (χ1v) is 4.60. The summed E-state index contributed by atoms with van der Waals surface area (Å²) in [5.74, 6) is -1.39. The van der Waals surface area contributed by atoms with Crippen LogP contribution in [0.15, 0.2) is 6.33 Å². The van der Waals surface area contributed by atoms with Gasteiger partial charge in [0.1, 0.15) is 6.33 Å². The maximum atomic E-state index is 13.5. The van der Waals surface area contributed by atoms with Crippen LogP contribution in [0.2, 0.25) is 0 Å². The van der Waals surface area contributed by atoms with Gasteiger partial charge >= 0.3 is 5.97 Å². The Morgan fingerprint density at radius 1 is 1.60 bits per heavy atom. The SMILES string of the molecule is CCc1ncnc(NCCC(=O)O)c1F. The normalized spacial score (nSPS) is 10.0. The third kappa shape index (κ3) is 3.16. The van der Waals surface area contributed by atoms with Crippen LogP contribution < -0.4 is 5.32 Å². The molecule has 0 fully saturated rings. The van der Waals surface area contributed by atoms with Crippen LogP contribution in [0.5, 0.6) is 0 Å². The summed E-state index contributed by atoms with van der Waals surface area (Å²) in [6.07, 6.45) is 1.65. The minimum atomic E-state index is -0.937. The molecule has 0 atom stereocenters. The van der Waals surface area contributed by atoms with E-state index in [9.17, 15) is 9.18 Å². The molecule has 0 saturated carbocycles. The zero-order valence-corrected chi connectivity index (χ0v) is 8.33.